The highest BCUT2D eigenvalue weighted by molar-refractivity contribution is 5.42. The molecule has 0 saturated heterocycles. The summed E-state index contributed by atoms with van der Waals surface area (Å²) in [6.07, 6.45) is 2.38. The number of aryl methyl sites for hydroxylation is 1. The zero-order valence-corrected chi connectivity index (χ0v) is 10.7. The van der Waals surface area contributed by atoms with E-state index >= 15 is 0 Å². The van der Waals surface area contributed by atoms with E-state index in [1.54, 1.807) is 24.4 Å². The Kier molecular flexibility index (Phi) is 4.09. The van der Waals surface area contributed by atoms with E-state index in [0.29, 0.717) is 17.9 Å². The fraction of sp³-hybridized carbons (Fsp3) is 0.200. The third kappa shape index (κ3) is 3.52. The second kappa shape index (κ2) is 5.96. The van der Waals surface area contributed by atoms with Gasteiger partial charge in [0.15, 0.2) is 0 Å². The Morgan fingerprint density at radius 1 is 1.32 bits per heavy atom. The molecule has 1 aromatic carbocycles. The summed E-state index contributed by atoms with van der Waals surface area (Å²) in [5.41, 5.74) is 2.63. The molecular weight excluding hydrogens is 241 g/mol. The van der Waals surface area contributed by atoms with Crippen LogP contribution in [0.4, 0.5) is 10.2 Å². The van der Waals surface area contributed by atoms with Gasteiger partial charge in [-0.15, -0.1) is 0 Å². The molecule has 0 fully saturated rings. The molecule has 0 spiro atoms. The molecule has 2 rings (SSSR count). The van der Waals surface area contributed by atoms with Crippen LogP contribution in [-0.4, -0.2) is 11.5 Å². The third-order valence-corrected chi connectivity index (χ3v) is 2.89. The molecule has 0 unspecified atom stereocenters. The first-order valence-corrected chi connectivity index (χ1v) is 6.04. The maximum Gasteiger partial charge on any atom is 0.127 e. The van der Waals surface area contributed by atoms with E-state index < -0.39 is 0 Å². The smallest absolute Gasteiger partial charge is 0.127 e. The molecular formula is C15H14FN3. The third-order valence-electron chi connectivity index (χ3n) is 2.89. The lowest BCUT2D eigenvalue weighted by molar-refractivity contribution is 0.625. The zero-order valence-electron chi connectivity index (χ0n) is 10.7. The number of nitrogens with one attached hydrogen (secondary N) is 1. The van der Waals surface area contributed by atoms with Crippen molar-refractivity contribution in [3.05, 3.63) is 59.0 Å². The number of nitrogens with zero attached hydrogens (tertiary/aromatic N) is 2. The average molecular weight is 255 g/mol. The van der Waals surface area contributed by atoms with E-state index in [-0.39, 0.29) is 5.82 Å². The van der Waals surface area contributed by atoms with Gasteiger partial charge in [0.2, 0.25) is 0 Å². The quantitative estimate of drug-likeness (QED) is 0.913. The number of halogens is 1. The van der Waals surface area contributed by atoms with Crippen molar-refractivity contribution in [2.45, 2.75) is 13.3 Å². The van der Waals surface area contributed by atoms with Crippen molar-refractivity contribution in [1.82, 2.24) is 4.98 Å². The minimum Gasteiger partial charge on any atom is -0.370 e. The first kappa shape index (κ1) is 13.0. The summed E-state index contributed by atoms with van der Waals surface area (Å²) in [4.78, 5) is 4.13. The zero-order chi connectivity index (χ0) is 13.7. The highest BCUT2D eigenvalue weighted by Gasteiger charge is 2.01. The van der Waals surface area contributed by atoms with Crippen LogP contribution in [0.3, 0.4) is 0 Å². The highest BCUT2D eigenvalue weighted by Crippen LogP contribution is 2.11. The van der Waals surface area contributed by atoms with Gasteiger partial charge in [0, 0.05) is 12.7 Å². The standard InChI is InChI=1S/C15H14FN3/c1-11-8-14(16)3-2-13(11)5-7-19-15-9-12(10-17)4-6-18-15/h2-4,6,8-9H,5,7H2,1H3,(H,18,19). The van der Waals surface area contributed by atoms with E-state index in [1.807, 2.05) is 6.92 Å². The number of pyridine rings is 1. The monoisotopic (exact) mass is 255 g/mol. The molecule has 0 radical (unpaired) electrons. The van der Waals surface area contributed by atoms with E-state index in [1.165, 1.54) is 12.1 Å². The lowest BCUT2D eigenvalue weighted by Crippen LogP contribution is -2.07. The largest absolute Gasteiger partial charge is 0.370 e. The Morgan fingerprint density at radius 2 is 2.16 bits per heavy atom. The van der Waals surface area contributed by atoms with Gasteiger partial charge in [0.1, 0.15) is 11.6 Å². The molecule has 0 atom stereocenters. The average Bonchev–Trinajstić information content (AvgIpc) is 2.41. The molecule has 0 aliphatic heterocycles. The van der Waals surface area contributed by atoms with Gasteiger partial charge in [0.05, 0.1) is 11.6 Å². The van der Waals surface area contributed by atoms with Crippen molar-refractivity contribution < 1.29 is 4.39 Å². The molecule has 1 N–H and O–H groups in total. The Labute approximate surface area is 111 Å². The minimum absolute atomic E-state index is 0.211. The first-order chi connectivity index (χ1) is 9.19. The molecule has 4 heteroatoms. The molecule has 96 valence electrons. The fourth-order valence-corrected chi connectivity index (χ4v) is 1.86. The van der Waals surface area contributed by atoms with Gasteiger partial charge in [-0.05, 0) is 48.7 Å². The van der Waals surface area contributed by atoms with Crippen LogP contribution in [0.25, 0.3) is 0 Å². The molecule has 1 heterocycles. The number of anilines is 1. The van der Waals surface area contributed by atoms with Gasteiger partial charge in [-0.1, -0.05) is 6.07 Å². The van der Waals surface area contributed by atoms with Crippen molar-refractivity contribution in [3.8, 4) is 6.07 Å². The van der Waals surface area contributed by atoms with Gasteiger partial charge in [0.25, 0.3) is 0 Å². The highest BCUT2D eigenvalue weighted by atomic mass is 19.1. The Morgan fingerprint density at radius 3 is 2.89 bits per heavy atom. The Hall–Kier alpha value is -2.41. The normalized spacial score (nSPS) is 9.95. The van der Waals surface area contributed by atoms with Gasteiger partial charge in [-0.3, -0.25) is 0 Å². The van der Waals surface area contributed by atoms with Crippen LogP contribution in [0, 0.1) is 24.1 Å². The summed E-state index contributed by atoms with van der Waals surface area (Å²) in [5.74, 6) is 0.469. The molecule has 0 aliphatic rings. The predicted molar refractivity (Wildman–Crippen MR) is 72.3 cm³/mol. The second-order valence-electron chi connectivity index (χ2n) is 4.29. The van der Waals surface area contributed by atoms with Crippen molar-refractivity contribution >= 4 is 5.82 Å². The van der Waals surface area contributed by atoms with Crippen LogP contribution >= 0.6 is 0 Å². The number of hydrogen-bond acceptors (Lipinski definition) is 3. The van der Waals surface area contributed by atoms with E-state index in [9.17, 15) is 4.39 Å². The van der Waals surface area contributed by atoms with Crippen molar-refractivity contribution in [1.29, 1.82) is 5.26 Å². The van der Waals surface area contributed by atoms with Crippen LogP contribution in [0.2, 0.25) is 0 Å². The number of hydrogen-bond donors (Lipinski definition) is 1. The second-order valence-corrected chi connectivity index (χ2v) is 4.29. The van der Waals surface area contributed by atoms with Crippen LogP contribution in [0.15, 0.2) is 36.5 Å². The number of benzene rings is 1. The molecule has 0 amide bonds. The van der Waals surface area contributed by atoms with Crippen LogP contribution in [-0.2, 0) is 6.42 Å². The maximum absolute atomic E-state index is 13.0. The van der Waals surface area contributed by atoms with E-state index in [4.69, 9.17) is 5.26 Å². The lowest BCUT2D eigenvalue weighted by Gasteiger charge is -2.08. The van der Waals surface area contributed by atoms with E-state index in [0.717, 1.165) is 17.5 Å². The predicted octanol–water partition coefficient (Wildman–Crippen LogP) is 3.06. The van der Waals surface area contributed by atoms with Crippen molar-refractivity contribution in [2.75, 3.05) is 11.9 Å². The SMILES string of the molecule is Cc1cc(F)ccc1CCNc1cc(C#N)ccn1. The topological polar surface area (TPSA) is 48.7 Å². The number of rotatable bonds is 4. The molecule has 0 saturated carbocycles. The van der Waals surface area contributed by atoms with E-state index in [2.05, 4.69) is 16.4 Å². The summed E-state index contributed by atoms with van der Waals surface area (Å²) in [7, 11) is 0. The van der Waals surface area contributed by atoms with Gasteiger partial charge < -0.3 is 5.32 Å². The van der Waals surface area contributed by atoms with Crippen LogP contribution in [0.1, 0.15) is 16.7 Å². The molecule has 1 aromatic heterocycles. The van der Waals surface area contributed by atoms with Gasteiger partial charge >= 0.3 is 0 Å². The van der Waals surface area contributed by atoms with Crippen molar-refractivity contribution in [2.24, 2.45) is 0 Å². The first-order valence-electron chi connectivity index (χ1n) is 6.04. The van der Waals surface area contributed by atoms with Crippen molar-refractivity contribution in [3.63, 3.8) is 0 Å². The summed E-state index contributed by atoms with van der Waals surface area (Å²) < 4.78 is 13.0. The van der Waals surface area contributed by atoms with Gasteiger partial charge in [-0.25, -0.2) is 9.37 Å². The number of aromatic nitrogens is 1. The molecule has 2 aromatic rings. The van der Waals surface area contributed by atoms with Crippen LogP contribution < -0.4 is 5.32 Å². The van der Waals surface area contributed by atoms with Crippen LogP contribution in [0.5, 0.6) is 0 Å². The summed E-state index contributed by atoms with van der Waals surface area (Å²) >= 11 is 0. The molecule has 3 nitrogen and oxygen atoms in total. The summed E-state index contributed by atoms with van der Waals surface area (Å²) in [5, 5.41) is 11.9. The lowest BCUT2D eigenvalue weighted by atomic mass is 10.1. The maximum atomic E-state index is 13.0. The summed E-state index contributed by atoms with van der Waals surface area (Å²) in [6.45, 7) is 2.58. The number of nitriles is 1. The fourth-order valence-electron chi connectivity index (χ4n) is 1.86. The minimum atomic E-state index is -0.211. The Bertz CT molecular complexity index is 617. The molecule has 19 heavy (non-hydrogen) atoms. The van der Waals surface area contributed by atoms with Gasteiger partial charge in [-0.2, -0.15) is 5.26 Å². The molecule has 0 bridgehead atoms. The Balaban J connectivity index is 1.94. The molecule has 0 aliphatic carbocycles. The summed E-state index contributed by atoms with van der Waals surface area (Å²) in [6, 6.07) is 10.2.